The van der Waals surface area contributed by atoms with E-state index in [1.165, 1.54) is 7.11 Å². The Bertz CT molecular complexity index is 211. The smallest absolute Gasteiger partial charge is 0.377 e. The monoisotopic (exact) mass is 258 g/mol. The Kier molecular flexibility index (Phi) is 6.89. The molecule has 0 amide bonds. The largest absolute Gasteiger partial charge is 0.516 e. The van der Waals surface area contributed by atoms with Crippen LogP contribution in [0.1, 0.15) is 19.8 Å². The molecule has 0 N–H and O–H groups in total. The second-order valence-corrected chi connectivity index (χ2v) is 5.88. The number of halogens is 3. The topological polar surface area (TPSA) is 27.7 Å². The van der Waals surface area contributed by atoms with Gasteiger partial charge in [-0.15, -0.1) is 19.8 Å². The number of hydrogen-bond acceptors (Lipinski definition) is 3. The molecule has 0 heterocycles. The van der Waals surface area contributed by atoms with Crippen LogP contribution < -0.4 is 0 Å². The molecule has 0 aliphatic heterocycles. The van der Waals surface area contributed by atoms with Gasteiger partial charge in [-0.3, -0.25) is 4.43 Å². The lowest BCUT2D eigenvalue weighted by Gasteiger charge is -2.28. The van der Waals surface area contributed by atoms with Crippen LogP contribution in [0.25, 0.3) is 0 Å². The van der Waals surface area contributed by atoms with E-state index in [0.717, 1.165) is 0 Å². The number of hydrogen-bond donors (Lipinski definition) is 0. The fourth-order valence-corrected chi connectivity index (χ4v) is 3.24. The molecule has 0 aliphatic carbocycles. The predicted octanol–water partition coefficient (Wildman–Crippen LogP) is 3.11. The van der Waals surface area contributed by atoms with Crippen molar-refractivity contribution in [1.82, 2.24) is 0 Å². The molecule has 7 heteroatoms. The zero-order chi connectivity index (χ0) is 12.7. The van der Waals surface area contributed by atoms with Gasteiger partial charge in [0.2, 0.25) is 0 Å². The summed E-state index contributed by atoms with van der Waals surface area (Å²) in [4.78, 5) is 0. The van der Waals surface area contributed by atoms with Crippen molar-refractivity contribution in [1.29, 1.82) is 0 Å². The van der Waals surface area contributed by atoms with E-state index >= 15 is 0 Å². The molecule has 0 spiro atoms. The Labute approximate surface area is 94.6 Å². The molecule has 0 aromatic carbocycles. The highest BCUT2D eigenvalue weighted by Gasteiger charge is 2.49. The lowest BCUT2D eigenvalue weighted by Crippen LogP contribution is -2.48. The van der Waals surface area contributed by atoms with Crippen LogP contribution in [0, 0.1) is 0 Å². The molecule has 0 bridgehead atoms. The summed E-state index contributed by atoms with van der Waals surface area (Å²) in [7, 11) is -2.43. The second kappa shape index (κ2) is 7.05. The van der Waals surface area contributed by atoms with Crippen molar-refractivity contribution in [3.63, 3.8) is 0 Å². The molecule has 1 atom stereocenters. The molecular formula is C9H17F3O3Si. The first kappa shape index (κ1) is 15.6. The van der Waals surface area contributed by atoms with E-state index in [4.69, 9.17) is 8.85 Å². The van der Waals surface area contributed by atoms with Crippen LogP contribution in [0.2, 0.25) is 6.04 Å². The van der Waals surface area contributed by atoms with E-state index in [2.05, 4.69) is 11.0 Å². The van der Waals surface area contributed by atoms with Gasteiger partial charge >= 0.3 is 15.2 Å². The van der Waals surface area contributed by atoms with Gasteiger partial charge in [-0.1, -0.05) is 19.4 Å². The van der Waals surface area contributed by atoms with Gasteiger partial charge < -0.3 is 8.85 Å². The van der Waals surface area contributed by atoms with E-state index in [0.29, 0.717) is 12.8 Å². The van der Waals surface area contributed by atoms with Gasteiger partial charge in [-0.2, -0.15) is 0 Å². The van der Waals surface area contributed by atoms with Crippen LogP contribution in [-0.4, -0.2) is 28.9 Å². The Morgan fingerprint density at radius 2 is 2.00 bits per heavy atom. The summed E-state index contributed by atoms with van der Waals surface area (Å²) in [6.07, 6.45) is -2.20. The van der Waals surface area contributed by atoms with Gasteiger partial charge in [0, 0.05) is 19.8 Å². The predicted molar refractivity (Wildman–Crippen MR) is 55.8 cm³/mol. The summed E-state index contributed by atoms with van der Waals surface area (Å²) >= 11 is 0. The molecule has 0 aliphatic rings. The normalized spacial score (nSPS) is 15.8. The first-order chi connectivity index (χ1) is 7.39. The third-order valence-corrected chi connectivity index (χ3v) is 4.70. The number of alkyl halides is 3. The minimum atomic E-state index is -4.73. The highest BCUT2D eigenvalue weighted by molar-refractivity contribution is 6.60. The summed E-state index contributed by atoms with van der Waals surface area (Å²) in [5, 5.41) is 0. The SMILES string of the molecule is C=CCCO[Si](CCC)(OC)OC(F)(F)F. The van der Waals surface area contributed by atoms with Gasteiger partial charge in [0.05, 0.1) is 0 Å². The zero-order valence-corrected chi connectivity index (χ0v) is 10.5. The fraction of sp³-hybridized carbons (Fsp3) is 0.778. The third-order valence-electron chi connectivity index (χ3n) is 1.78. The van der Waals surface area contributed by atoms with E-state index in [1.54, 1.807) is 13.0 Å². The molecule has 1 unspecified atom stereocenters. The van der Waals surface area contributed by atoms with Crippen LogP contribution in [0.15, 0.2) is 12.7 Å². The minimum Gasteiger partial charge on any atom is -0.377 e. The summed E-state index contributed by atoms with van der Waals surface area (Å²) in [6.45, 7) is 5.33. The molecule has 0 aromatic heterocycles. The summed E-state index contributed by atoms with van der Waals surface area (Å²) in [5.41, 5.74) is 0. The van der Waals surface area contributed by atoms with Crippen LogP contribution in [0.5, 0.6) is 0 Å². The number of rotatable bonds is 8. The van der Waals surface area contributed by atoms with Gasteiger partial charge in [0.15, 0.2) is 0 Å². The molecule has 0 saturated heterocycles. The first-order valence-corrected chi connectivity index (χ1v) is 6.89. The molecule has 0 rings (SSSR count). The molecule has 3 nitrogen and oxygen atoms in total. The second-order valence-electron chi connectivity index (χ2n) is 3.11. The van der Waals surface area contributed by atoms with Crippen molar-refractivity contribution in [3.05, 3.63) is 12.7 Å². The third kappa shape index (κ3) is 6.26. The average Bonchev–Trinajstić information content (AvgIpc) is 2.16. The van der Waals surface area contributed by atoms with Crippen molar-refractivity contribution in [2.24, 2.45) is 0 Å². The Balaban J connectivity index is 4.50. The maximum absolute atomic E-state index is 12.2. The quantitative estimate of drug-likeness (QED) is 0.380. The Morgan fingerprint density at radius 1 is 1.38 bits per heavy atom. The van der Waals surface area contributed by atoms with E-state index in [-0.39, 0.29) is 12.7 Å². The van der Waals surface area contributed by atoms with E-state index < -0.39 is 15.2 Å². The Hall–Kier alpha value is -0.373. The van der Waals surface area contributed by atoms with Crippen molar-refractivity contribution in [2.75, 3.05) is 13.7 Å². The van der Waals surface area contributed by atoms with Crippen LogP contribution in [0.4, 0.5) is 13.2 Å². The van der Waals surface area contributed by atoms with Crippen LogP contribution in [0.3, 0.4) is 0 Å². The van der Waals surface area contributed by atoms with Gasteiger partial charge in [0.25, 0.3) is 0 Å². The average molecular weight is 258 g/mol. The van der Waals surface area contributed by atoms with Crippen LogP contribution in [-0.2, 0) is 13.3 Å². The zero-order valence-electron chi connectivity index (χ0n) is 9.47. The fourth-order valence-electron chi connectivity index (χ4n) is 1.14. The minimum absolute atomic E-state index is 0.125. The van der Waals surface area contributed by atoms with Crippen molar-refractivity contribution < 1.29 is 26.4 Å². The van der Waals surface area contributed by atoms with Crippen molar-refractivity contribution in [3.8, 4) is 0 Å². The van der Waals surface area contributed by atoms with Gasteiger partial charge in [-0.25, -0.2) is 0 Å². The molecular weight excluding hydrogens is 241 g/mol. The molecule has 96 valence electrons. The first-order valence-electron chi connectivity index (χ1n) is 4.96. The maximum atomic E-state index is 12.2. The highest BCUT2D eigenvalue weighted by Crippen LogP contribution is 2.27. The molecule has 0 aromatic rings. The van der Waals surface area contributed by atoms with E-state index in [9.17, 15) is 13.2 Å². The maximum Gasteiger partial charge on any atom is 0.516 e. The van der Waals surface area contributed by atoms with Crippen LogP contribution >= 0.6 is 0 Å². The Morgan fingerprint density at radius 3 is 2.38 bits per heavy atom. The van der Waals surface area contributed by atoms with E-state index in [1.807, 2.05) is 0 Å². The lowest BCUT2D eigenvalue weighted by molar-refractivity contribution is -0.296. The lowest BCUT2D eigenvalue weighted by atomic mass is 10.5. The standard InChI is InChI=1S/C9H17F3O3Si/c1-4-6-7-14-16(13-3,8-5-2)15-9(10,11)12/h4H,1,5-8H2,2-3H3. The van der Waals surface area contributed by atoms with Crippen molar-refractivity contribution in [2.45, 2.75) is 32.2 Å². The summed E-state index contributed by atoms with van der Waals surface area (Å²) in [6, 6.07) is 0.139. The molecule has 0 saturated carbocycles. The molecule has 0 radical (unpaired) electrons. The van der Waals surface area contributed by atoms with Gasteiger partial charge in [-0.05, 0) is 6.42 Å². The van der Waals surface area contributed by atoms with Gasteiger partial charge in [0.1, 0.15) is 0 Å². The molecule has 16 heavy (non-hydrogen) atoms. The van der Waals surface area contributed by atoms with Crippen molar-refractivity contribution >= 4 is 8.80 Å². The summed E-state index contributed by atoms with van der Waals surface area (Å²) < 4.78 is 50.6. The summed E-state index contributed by atoms with van der Waals surface area (Å²) in [5.74, 6) is 0. The molecule has 0 fully saturated rings. The highest BCUT2D eigenvalue weighted by atomic mass is 28.4.